The number of furan rings is 1. The Kier molecular flexibility index (Phi) is 4.97. The number of nitrogens with one attached hydrogen (secondary N) is 2. The molecule has 6 nitrogen and oxygen atoms in total. The zero-order valence-electron chi connectivity index (χ0n) is 15.0. The molecule has 2 heterocycles. The molecule has 1 aliphatic rings. The summed E-state index contributed by atoms with van der Waals surface area (Å²) in [6, 6.07) is 7.53. The van der Waals surface area contributed by atoms with Crippen molar-refractivity contribution in [2.45, 2.75) is 33.2 Å². The fourth-order valence-electron chi connectivity index (χ4n) is 3.22. The van der Waals surface area contributed by atoms with Gasteiger partial charge in [-0.1, -0.05) is 32.0 Å². The van der Waals surface area contributed by atoms with Crippen LogP contribution in [0.1, 0.15) is 37.6 Å². The van der Waals surface area contributed by atoms with Crippen molar-refractivity contribution in [2.75, 3.05) is 19.6 Å². The fourth-order valence-corrected chi connectivity index (χ4v) is 3.22. The molecule has 0 spiro atoms. The molecule has 3 amide bonds. The molecule has 25 heavy (non-hydrogen) atoms. The second-order valence-electron chi connectivity index (χ2n) is 6.85. The van der Waals surface area contributed by atoms with Crippen LogP contribution in [0.2, 0.25) is 0 Å². The van der Waals surface area contributed by atoms with Crippen LogP contribution in [0.25, 0.3) is 11.0 Å². The molecule has 1 fully saturated rings. The lowest BCUT2D eigenvalue weighted by Crippen LogP contribution is -2.44. The number of hydrogen-bond donors (Lipinski definition) is 2. The number of carbonyl (C=O) groups excluding carboxylic acids is 2. The molecule has 1 atom stereocenters. The summed E-state index contributed by atoms with van der Waals surface area (Å²) in [5.41, 5.74) is 1.89. The highest BCUT2D eigenvalue weighted by molar-refractivity contribution is 5.83. The van der Waals surface area contributed by atoms with E-state index in [-0.39, 0.29) is 23.9 Å². The summed E-state index contributed by atoms with van der Waals surface area (Å²) in [5, 5.41) is 6.96. The third-order valence-corrected chi connectivity index (χ3v) is 4.71. The Morgan fingerprint density at radius 1 is 1.28 bits per heavy atom. The standard InChI is InChI=1S/C19H25N3O3/c1-12(2)17(18-13(3)14-6-4-5-7-15(14)25-18)21-19(24)22-10-8-16(23)20-9-11-22/h4-7,12,17H,8-11H2,1-3H3,(H,20,23)(H,21,24)/t17-/m1/s1. The molecule has 0 bridgehead atoms. The average Bonchev–Trinajstić information content (AvgIpc) is 2.76. The van der Waals surface area contributed by atoms with Crippen molar-refractivity contribution in [3.63, 3.8) is 0 Å². The minimum absolute atomic E-state index is 0.0103. The van der Waals surface area contributed by atoms with Crippen molar-refractivity contribution < 1.29 is 14.0 Å². The van der Waals surface area contributed by atoms with E-state index in [2.05, 4.69) is 24.5 Å². The summed E-state index contributed by atoms with van der Waals surface area (Å²) >= 11 is 0. The SMILES string of the molecule is Cc1c([C@H](NC(=O)N2CCNC(=O)CC2)C(C)C)oc2ccccc12. The van der Waals surface area contributed by atoms with Crippen LogP contribution in [0.3, 0.4) is 0 Å². The summed E-state index contributed by atoms with van der Waals surface area (Å²) in [6.07, 6.45) is 0.337. The lowest BCUT2D eigenvalue weighted by Gasteiger charge is -2.26. The van der Waals surface area contributed by atoms with Gasteiger partial charge in [0.2, 0.25) is 5.91 Å². The molecular formula is C19H25N3O3. The zero-order chi connectivity index (χ0) is 18.0. The van der Waals surface area contributed by atoms with Gasteiger partial charge in [0, 0.05) is 37.0 Å². The van der Waals surface area contributed by atoms with Gasteiger partial charge in [-0.15, -0.1) is 0 Å². The van der Waals surface area contributed by atoms with E-state index >= 15 is 0 Å². The van der Waals surface area contributed by atoms with Crippen molar-refractivity contribution in [2.24, 2.45) is 5.92 Å². The molecule has 3 rings (SSSR count). The van der Waals surface area contributed by atoms with Gasteiger partial charge in [0.1, 0.15) is 11.3 Å². The average molecular weight is 343 g/mol. The number of hydrogen-bond acceptors (Lipinski definition) is 3. The Morgan fingerprint density at radius 3 is 2.76 bits per heavy atom. The molecule has 2 N–H and O–H groups in total. The number of amides is 3. The number of fused-ring (bicyclic) bond motifs is 1. The molecule has 6 heteroatoms. The number of nitrogens with zero attached hydrogens (tertiary/aromatic N) is 1. The summed E-state index contributed by atoms with van der Waals surface area (Å²) < 4.78 is 6.05. The predicted octanol–water partition coefficient (Wildman–Crippen LogP) is 2.97. The maximum absolute atomic E-state index is 12.7. The number of carbonyl (C=O) groups is 2. The molecular weight excluding hydrogens is 318 g/mol. The first-order chi connectivity index (χ1) is 12.0. The van der Waals surface area contributed by atoms with E-state index in [9.17, 15) is 9.59 Å². The quantitative estimate of drug-likeness (QED) is 0.900. The topological polar surface area (TPSA) is 74.6 Å². The van der Waals surface area contributed by atoms with Gasteiger partial charge >= 0.3 is 6.03 Å². The van der Waals surface area contributed by atoms with Crippen molar-refractivity contribution >= 4 is 22.9 Å². The van der Waals surface area contributed by atoms with E-state index < -0.39 is 0 Å². The molecule has 2 aromatic rings. The second-order valence-corrected chi connectivity index (χ2v) is 6.85. The monoisotopic (exact) mass is 343 g/mol. The van der Waals surface area contributed by atoms with Gasteiger partial charge in [0.15, 0.2) is 0 Å². The van der Waals surface area contributed by atoms with Gasteiger partial charge in [-0.2, -0.15) is 0 Å². The van der Waals surface area contributed by atoms with E-state index in [1.165, 1.54) is 0 Å². The third-order valence-electron chi connectivity index (χ3n) is 4.71. The normalized spacial score (nSPS) is 16.6. The van der Waals surface area contributed by atoms with E-state index in [4.69, 9.17) is 4.42 Å². The highest BCUT2D eigenvalue weighted by Gasteiger charge is 2.27. The van der Waals surface area contributed by atoms with Crippen molar-refractivity contribution in [3.05, 3.63) is 35.6 Å². The van der Waals surface area contributed by atoms with Crippen molar-refractivity contribution in [1.29, 1.82) is 0 Å². The summed E-state index contributed by atoms with van der Waals surface area (Å²) in [5.74, 6) is 0.965. The van der Waals surface area contributed by atoms with Crippen LogP contribution in [0.15, 0.2) is 28.7 Å². The first-order valence-electron chi connectivity index (χ1n) is 8.77. The van der Waals surface area contributed by atoms with Gasteiger partial charge < -0.3 is 20.0 Å². The second kappa shape index (κ2) is 7.17. The molecule has 0 radical (unpaired) electrons. The van der Waals surface area contributed by atoms with E-state index in [1.807, 2.05) is 31.2 Å². The highest BCUT2D eigenvalue weighted by atomic mass is 16.3. The molecule has 1 aliphatic heterocycles. The largest absolute Gasteiger partial charge is 0.459 e. The Balaban J connectivity index is 1.82. The Morgan fingerprint density at radius 2 is 2.04 bits per heavy atom. The molecule has 0 saturated carbocycles. The first kappa shape index (κ1) is 17.3. The molecule has 1 aromatic carbocycles. The van der Waals surface area contributed by atoms with Crippen LogP contribution in [0.5, 0.6) is 0 Å². The Bertz CT molecular complexity index is 781. The lowest BCUT2D eigenvalue weighted by atomic mass is 9.98. The van der Waals surface area contributed by atoms with Crippen LogP contribution < -0.4 is 10.6 Å². The summed E-state index contributed by atoms with van der Waals surface area (Å²) in [7, 11) is 0. The number of benzene rings is 1. The van der Waals surface area contributed by atoms with Gasteiger partial charge in [-0.25, -0.2) is 4.79 Å². The molecule has 1 saturated heterocycles. The minimum atomic E-state index is -0.216. The molecule has 1 aromatic heterocycles. The maximum atomic E-state index is 12.7. The number of urea groups is 1. The first-order valence-corrected chi connectivity index (χ1v) is 8.77. The van der Waals surface area contributed by atoms with Crippen LogP contribution in [-0.2, 0) is 4.79 Å². The minimum Gasteiger partial charge on any atom is -0.459 e. The van der Waals surface area contributed by atoms with Crippen LogP contribution >= 0.6 is 0 Å². The summed E-state index contributed by atoms with van der Waals surface area (Å²) in [6.45, 7) is 7.58. The van der Waals surface area contributed by atoms with Crippen LogP contribution in [0, 0.1) is 12.8 Å². The zero-order valence-corrected chi connectivity index (χ0v) is 15.0. The van der Waals surface area contributed by atoms with Crippen molar-refractivity contribution in [3.8, 4) is 0 Å². The van der Waals surface area contributed by atoms with Crippen LogP contribution in [0.4, 0.5) is 4.79 Å². The van der Waals surface area contributed by atoms with Gasteiger partial charge in [0.05, 0.1) is 6.04 Å². The molecule has 0 unspecified atom stereocenters. The van der Waals surface area contributed by atoms with Crippen LogP contribution in [-0.4, -0.2) is 36.5 Å². The Hall–Kier alpha value is -2.50. The smallest absolute Gasteiger partial charge is 0.318 e. The van der Waals surface area contributed by atoms with E-state index in [1.54, 1.807) is 4.90 Å². The third kappa shape index (κ3) is 3.62. The van der Waals surface area contributed by atoms with E-state index in [0.717, 1.165) is 22.3 Å². The number of aryl methyl sites for hydroxylation is 1. The number of rotatable bonds is 3. The van der Waals surface area contributed by atoms with E-state index in [0.29, 0.717) is 26.1 Å². The predicted molar refractivity (Wildman–Crippen MR) is 96.3 cm³/mol. The number of para-hydroxylation sites is 1. The van der Waals surface area contributed by atoms with Gasteiger partial charge in [0.25, 0.3) is 0 Å². The molecule has 134 valence electrons. The highest BCUT2D eigenvalue weighted by Crippen LogP contribution is 2.32. The molecule has 0 aliphatic carbocycles. The lowest BCUT2D eigenvalue weighted by molar-refractivity contribution is -0.120. The van der Waals surface area contributed by atoms with Crippen molar-refractivity contribution in [1.82, 2.24) is 15.5 Å². The fraction of sp³-hybridized carbons (Fsp3) is 0.474. The maximum Gasteiger partial charge on any atom is 0.318 e. The Labute approximate surface area is 147 Å². The van der Waals surface area contributed by atoms with Gasteiger partial charge in [-0.3, -0.25) is 4.79 Å². The van der Waals surface area contributed by atoms with Gasteiger partial charge in [-0.05, 0) is 18.9 Å². The summed E-state index contributed by atoms with van der Waals surface area (Å²) in [4.78, 5) is 25.9.